The smallest absolute Gasteiger partial charge is 0.311 e. The van der Waals surface area contributed by atoms with Crippen LogP contribution in [0.5, 0.6) is 0 Å². The van der Waals surface area contributed by atoms with Crippen LogP contribution in [-0.2, 0) is 9.53 Å². The van der Waals surface area contributed by atoms with Crippen molar-refractivity contribution in [1.82, 2.24) is 4.90 Å². The molecule has 0 fully saturated rings. The van der Waals surface area contributed by atoms with Crippen LogP contribution in [0.15, 0.2) is 0 Å². The van der Waals surface area contributed by atoms with E-state index in [2.05, 4.69) is 11.8 Å². The fourth-order valence-corrected chi connectivity index (χ4v) is 1.23. The Morgan fingerprint density at radius 3 is 2.33 bits per heavy atom. The molecule has 0 bridgehead atoms. The molecular formula is C12H25NO2. The van der Waals surface area contributed by atoms with E-state index in [1.807, 2.05) is 34.9 Å². The predicted molar refractivity (Wildman–Crippen MR) is 62.7 cm³/mol. The van der Waals surface area contributed by atoms with E-state index in [1.54, 1.807) is 0 Å². The standard InChI is InChI=1S/C12H25NO2/c1-7-12(3,4)11(14)15-9-10(2)8-13(5)6/h10H,7-9H2,1-6H3. The Labute approximate surface area is 93.8 Å². The van der Waals surface area contributed by atoms with E-state index in [4.69, 9.17) is 4.74 Å². The van der Waals surface area contributed by atoms with Crippen molar-refractivity contribution in [3.8, 4) is 0 Å². The lowest BCUT2D eigenvalue weighted by atomic mass is 9.91. The van der Waals surface area contributed by atoms with Gasteiger partial charge < -0.3 is 9.64 Å². The molecule has 3 nitrogen and oxygen atoms in total. The van der Waals surface area contributed by atoms with E-state index < -0.39 is 0 Å². The average Bonchev–Trinajstić information content (AvgIpc) is 2.13. The summed E-state index contributed by atoms with van der Waals surface area (Å²) in [7, 11) is 4.04. The second-order valence-electron chi connectivity index (χ2n) is 5.20. The first-order chi connectivity index (χ1) is 6.79. The molecule has 0 rings (SSSR count). The normalized spacial score (nSPS) is 14.1. The number of ether oxygens (including phenoxy) is 1. The van der Waals surface area contributed by atoms with Crippen molar-refractivity contribution in [2.75, 3.05) is 27.2 Å². The number of carbonyl (C=O) groups is 1. The van der Waals surface area contributed by atoms with Crippen molar-refractivity contribution in [2.45, 2.75) is 34.1 Å². The van der Waals surface area contributed by atoms with Crippen LogP contribution in [0.2, 0.25) is 0 Å². The van der Waals surface area contributed by atoms with Gasteiger partial charge in [0, 0.05) is 12.5 Å². The largest absolute Gasteiger partial charge is 0.465 e. The summed E-state index contributed by atoms with van der Waals surface area (Å²) >= 11 is 0. The lowest BCUT2D eigenvalue weighted by molar-refractivity contribution is -0.155. The third-order valence-electron chi connectivity index (χ3n) is 2.61. The quantitative estimate of drug-likeness (QED) is 0.636. The van der Waals surface area contributed by atoms with Gasteiger partial charge in [-0.05, 0) is 34.4 Å². The molecule has 1 unspecified atom stereocenters. The van der Waals surface area contributed by atoms with Gasteiger partial charge in [0.15, 0.2) is 0 Å². The molecule has 15 heavy (non-hydrogen) atoms. The topological polar surface area (TPSA) is 29.5 Å². The van der Waals surface area contributed by atoms with Crippen molar-refractivity contribution in [2.24, 2.45) is 11.3 Å². The molecule has 0 aromatic carbocycles. The summed E-state index contributed by atoms with van der Waals surface area (Å²) in [5, 5.41) is 0. The lowest BCUT2D eigenvalue weighted by Crippen LogP contribution is -2.29. The molecule has 0 amide bonds. The Morgan fingerprint density at radius 1 is 1.40 bits per heavy atom. The van der Waals surface area contributed by atoms with Crippen molar-refractivity contribution >= 4 is 5.97 Å². The van der Waals surface area contributed by atoms with Crippen molar-refractivity contribution in [1.29, 1.82) is 0 Å². The molecule has 3 heteroatoms. The van der Waals surface area contributed by atoms with Gasteiger partial charge in [-0.3, -0.25) is 4.79 Å². The molecule has 0 saturated heterocycles. The van der Waals surface area contributed by atoms with Crippen LogP contribution in [0.4, 0.5) is 0 Å². The highest BCUT2D eigenvalue weighted by atomic mass is 16.5. The third-order valence-corrected chi connectivity index (χ3v) is 2.61. The van der Waals surface area contributed by atoms with Gasteiger partial charge in [0.05, 0.1) is 12.0 Å². The SMILES string of the molecule is CCC(C)(C)C(=O)OCC(C)CN(C)C. The number of esters is 1. The number of carbonyl (C=O) groups excluding carboxylic acids is 1. The van der Waals surface area contributed by atoms with Crippen LogP contribution in [0.3, 0.4) is 0 Å². The van der Waals surface area contributed by atoms with Crippen LogP contribution in [0, 0.1) is 11.3 Å². The van der Waals surface area contributed by atoms with E-state index >= 15 is 0 Å². The van der Waals surface area contributed by atoms with E-state index in [-0.39, 0.29) is 11.4 Å². The minimum absolute atomic E-state index is 0.0874. The van der Waals surface area contributed by atoms with Gasteiger partial charge in [-0.25, -0.2) is 0 Å². The molecule has 0 aliphatic carbocycles. The summed E-state index contributed by atoms with van der Waals surface area (Å²) in [5.41, 5.74) is -0.349. The summed E-state index contributed by atoms with van der Waals surface area (Å²) in [4.78, 5) is 13.8. The van der Waals surface area contributed by atoms with Crippen LogP contribution in [0.1, 0.15) is 34.1 Å². The third kappa shape index (κ3) is 5.78. The molecule has 0 radical (unpaired) electrons. The second-order valence-corrected chi connectivity index (χ2v) is 5.20. The van der Waals surface area contributed by atoms with Gasteiger partial charge in [-0.2, -0.15) is 0 Å². The van der Waals surface area contributed by atoms with E-state index in [0.717, 1.165) is 13.0 Å². The highest BCUT2D eigenvalue weighted by molar-refractivity contribution is 5.75. The number of hydrogen-bond donors (Lipinski definition) is 0. The fraction of sp³-hybridized carbons (Fsp3) is 0.917. The molecule has 0 aromatic rings. The van der Waals surface area contributed by atoms with Gasteiger partial charge in [-0.1, -0.05) is 13.8 Å². The second kappa shape index (κ2) is 6.11. The average molecular weight is 215 g/mol. The maximum absolute atomic E-state index is 11.7. The van der Waals surface area contributed by atoms with E-state index in [0.29, 0.717) is 12.5 Å². The molecule has 0 aliphatic heterocycles. The molecular weight excluding hydrogens is 190 g/mol. The Kier molecular flexibility index (Phi) is 5.88. The summed E-state index contributed by atoms with van der Waals surface area (Å²) in [6.45, 7) is 9.40. The van der Waals surface area contributed by atoms with Crippen molar-refractivity contribution in [3.05, 3.63) is 0 Å². The zero-order valence-corrected chi connectivity index (χ0v) is 11.0. The van der Waals surface area contributed by atoms with Gasteiger partial charge in [0.1, 0.15) is 0 Å². The molecule has 0 saturated carbocycles. The van der Waals surface area contributed by atoms with Crippen molar-refractivity contribution in [3.63, 3.8) is 0 Å². The summed E-state index contributed by atoms with van der Waals surface area (Å²) in [5.74, 6) is 0.298. The molecule has 90 valence electrons. The lowest BCUT2D eigenvalue weighted by Gasteiger charge is -2.23. The van der Waals surface area contributed by atoms with E-state index in [9.17, 15) is 4.79 Å². The number of nitrogens with zero attached hydrogens (tertiary/aromatic N) is 1. The van der Waals surface area contributed by atoms with Crippen molar-refractivity contribution < 1.29 is 9.53 Å². The maximum Gasteiger partial charge on any atom is 0.311 e. The summed E-state index contributed by atoms with van der Waals surface area (Å²) in [6.07, 6.45) is 0.813. The molecule has 0 aliphatic rings. The monoisotopic (exact) mass is 215 g/mol. The number of hydrogen-bond acceptors (Lipinski definition) is 3. The Bertz CT molecular complexity index is 200. The van der Waals surface area contributed by atoms with Gasteiger partial charge in [0.2, 0.25) is 0 Å². The minimum atomic E-state index is -0.349. The summed E-state index contributed by atoms with van der Waals surface area (Å²) in [6, 6.07) is 0. The number of rotatable bonds is 6. The minimum Gasteiger partial charge on any atom is -0.465 e. The van der Waals surface area contributed by atoms with E-state index in [1.165, 1.54) is 0 Å². The van der Waals surface area contributed by atoms with Crippen LogP contribution < -0.4 is 0 Å². The Hall–Kier alpha value is -0.570. The molecule has 0 aromatic heterocycles. The van der Waals surface area contributed by atoms with Crippen LogP contribution in [0.25, 0.3) is 0 Å². The first-order valence-electron chi connectivity index (χ1n) is 5.61. The van der Waals surface area contributed by atoms with Gasteiger partial charge >= 0.3 is 5.97 Å². The molecule has 0 heterocycles. The zero-order valence-electron chi connectivity index (χ0n) is 11.0. The fourth-order valence-electron chi connectivity index (χ4n) is 1.23. The first kappa shape index (κ1) is 14.4. The van der Waals surface area contributed by atoms with Gasteiger partial charge in [-0.15, -0.1) is 0 Å². The van der Waals surface area contributed by atoms with Gasteiger partial charge in [0.25, 0.3) is 0 Å². The summed E-state index contributed by atoms with van der Waals surface area (Å²) < 4.78 is 5.29. The molecule has 0 N–H and O–H groups in total. The maximum atomic E-state index is 11.7. The first-order valence-corrected chi connectivity index (χ1v) is 5.61. The predicted octanol–water partition coefficient (Wildman–Crippen LogP) is 2.16. The van der Waals surface area contributed by atoms with Crippen LogP contribution >= 0.6 is 0 Å². The van der Waals surface area contributed by atoms with Crippen LogP contribution in [-0.4, -0.2) is 38.1 Å². The highest BCUT2D eigenvalue weighted by Gasteiger charge is 2.27. The molecule has 0 spiro atoms. The molecule has 1 atom stereocenters. The highest BCUT2D eigenvalue weighted by Crippen LogP contribution is 2.21. The Morgan fingerprint density at radius 2 is 1.93 bits per heavy atom. The Balaban J connectivity index is 3.90. The zero-order chi connectivity index (χ0) is 12.1.